The molecule has 0 saturated heterocycles. The fourth-order valence-electron chi connectivity index (χ4n) is 0.617. The molecule has 1 unspecified atom stereocenters. The maximum absolute atomic E-state index is 11.8. The normalized spacial score (nSPS) is 15.1. The molecular weight excluding hydrogens is 191 g/mol. The zero-order valence-corrected chi connectivity index (χ0v) is 9.04. The molecule has 0 aliphatic heterocycles. The van der Waals surface area contributed by atoms with E-state index in [9.17, 15) is 9.36 Å². The Morgan fingerprint density at radius 2 is 2.15 bits per heavy atom. The molecule has 0 bridgehead atoms. The summed E-state index contributed by atoms with van der Waals surface area (Å²) in [6, 6.07) is 0. The Morgan fingerprint density at radius 3 is 2.46 bits per heavy atom. The molecule has 0 aromatic rings. The third-order valence-electron chi connectivity index (χ3n) is 1.26. The number of carbonyl (C=O) groups excluding carboxylic acids is 1. The van der Waals surface area contributed by atoms with Crippen molar-refractivity contribution in [3.63, 3.8) is 0 Å². The fraction of sp³-hybridized carbons (Fsp3) is 0.625. The summed E-state index contributed by atoms with van der Waals surface area (Å²) in [5, 5.41) is 0. The summed E-state index contributed by atoms with van der Waals surface area (Å²) in [5.74, 6) is -0.596. The summed E-state index contributed by atoms with van der Waals surface area (Å²) in [6.45, 7) is 8.08. The van der Waals surface area contributed by atoms with Crippen LogP contribution in [0.1, 0.15) is 20.8 Å². The van der Waals surface area contributed by atoms with Crippen molar-refractivity contribution in [3.8, 4) is 0 Å². The van der Waals surface area contributed by atoms with Gasteiger partial charge >= 0.3 is 13.6 Å². The second-order valence-corrected chi connectivity index (χ2v) is 5.35. The van der Waals surface area contributed by atoms with Gasteiger partial charge in [-0.25, -0.2) is 4.57 Å². The molecule has 0 radical (unpaired) electrons. The van der Waals surface area contributed by atoms with E-state index in [4.69, 9.17) is 4.52 Å². The molecule has 0 aliphatic rings. The van der Waals surface area contributed by atoms with Crippen LogP contribution in [-0.2, 0) is 18.4 Å². The van der Waals surface area contributed by atoms with Crippen LogP contribution in [0.5, 0.6) is 0 Å². The smallest absolute Gasteiger partial charge is 0.384 e. The summed E-state index contributed by atoms with van der Waals surface area (Å²) in [6.07, 6.45) is 1.46. The highest BCUT2D eigenvalue weighted by atomic mass is 31.2. The molecule has 0 saturated carbocycles. The topological polar surface area (TPSA) is 52.6 Å². The third kappa shape index (κ3) is 4.25. The van der Waals surface area contributed by atoms with Crippen LogP contribution in [0.25, 0.3) is 0 Å². The van der Waals surface area contributed by atoms with Crippen LogP contribution in [0.4, 0.5) is 0 Å². The minimum Gasteiger partial charge on any atom is -0.392 e. The van der Waals surface area contributed by atoms with Crippen LogP contribution in [0.2, 0.25) is 0 Å². The van der Waals surface area contributed by atoms with Crippen molar-refractivity contribution in [2.24, 2.45) is 0 Å². The first kappa shape index (κ1) is 12.4. The van der Waals surface area contributed by atoms with Gasteiger partial charge in [0.15, 0.2) is 0 Å². The average molecular weight is 206 g/mol. The minimum atomic E-state index is -3.28. The van der Waals surface area contributed by atoms with Crippen molar-refractivity contribution >= 4 is 13.6 Å². The van der Waals surface area contributed by atoms with Crippen LogP contribution in [-0.4, -0.2) is 18.2 Å². The molecule has 13 heavy (non-hydrogen) atoms. The Hall–Kier alpha value is -0.600. The lowest BCUT2D eigenvalue weighted by Gasteiger charge is -2.19. The summed E-state index contributed by atoms with van der Waals surface area (Å²) in [4.78, 5) is 10.6. The Labute approximate surface area is 78.5 Å². The molecule has 4 nitrogen and oxygen atoms in total. The second kappa shape index (κ2) is 5.20. The van der Waals surface area contributed by atoms with Crippen molar-refractivity contribution in [2.45, 2.75) is 26.4 Å². The predicted octanol–water partition coefficient (Wildman–Crippen LogP) is 2.35. The lowest BCUT2D eigenvalue weighted by molar-refractivity contribution is -0.132. The maximum atomic E-state index is 11.8. The Kier molecular flexibility index (Phi) is 4.96. The number of rotatable bonds is 5. The van der Waals surface area contributed by atoms with E-state index in [1.54, 1.807) is 13.8 Å². The lowest BCUT2D eigenvalue weighted by Crippen LogP contribution is -2.08. The molecular formula is C8H15O4P. The number of hydrogen-bond donors (Lipinski definition) is 0. The molecule has 0 aliphatic carbocycles. The summed E-state index contributed by atoms with van der Waals surface area (Å²) >= 11 is 0. The molecule has 0 spiro atoms. The Balaban J connectivity index is 4.43. The van der Waals surface area contributed by atoms with E-state index < -0.39 is 13.6 Å². The highest BCUT2D eigenvalue weighted by Crippen LogP contribution is 2.52. The molecule has 1 atom stereocenters. The van der Waals surface area contributed by atoms with Gasteiger partial charge in [0.2, 0.25) is 0 Å². The standard InChI is InChI=1S/C8H15O4P/c1-5-6-11-13(10,7(2)3)12-8(4)9/h5,7H,1,6H2,2-4H3. The molecule has 0 aromatic carbocycles. The van der Waals surface area contributed by atoms with Crippen molar-refractivity contribution in [1.29, 1.82) is 0 Å². The van der Waals surface area contributed by atoms with E-state index in [0.717, 1.165) is 0 Å². The fourth-order valence-corrected chi connectivity index (χ4v) is 1.85. The van der Waals surface area contributed by atoms with Gasteiger partial charge in [0.05, 0.1) is 12.3 Å². The molecule has 76 valence electrons. The predicted molar refractivity (Wildman–Crippen MR) is 50.7 cm³/mol. The minimum absolute atomic E-state index is 0.114. The first-order valence-electron chi connectivity index (χ1n) is 3.97. The van der Waals surface area contributed by atoms with Crippen molar-refractivity contribution in [2.75, 3.05) is 6.61 Å². The van der Waals surface area contributed by atoms with Gasteiger partial charge in [-0.15, -0.1) is 6.58 Å². The SMILES string of the molecule is C=CCOP(=O)(OC(C)=O)C(C)C. The zero-order valence-electron chi connectivity index (χ0n) is 8.15. The summed E-state index contributed by atoms with van der Waals surface area (Å²) < 4.78 is 21.4. The average Bonchev–Trinajstić information content (AvgIpc) is 1.99. The Bertz CT molecular complexity index is 234. The van der Waals surface area contributed by atoms with Crippen molar-refractivity contribution in [1.82, 2.24) is 0 Å². The third-order valence-corrected chi connectivity index (χ3v) is 3.55. The number of carbonyl (C=O) groups is 1. The molecule has 0 heterocycles. The molecule has 0 aromatic heterocycles. The zero-order chi connectivity index (χ0) is 10.5. The van der Waals surface area contributed by atoms with E-state index in [-0.39, 0.29) is 12.3 Å². The second-order valence-electron chi connectivity index (χ2n) is 2.80. The van der Waals surface area contributed by atoms with Gasteiger partial charge in [-0.05, 0) is 0 Å². The van der Waals surface area contributed by atoms with E-state index in [1.807, 2.05) is 0 Å². The highest BCUT2D eigenvalue weighted by molar-refractivity contribution is 7.55. The molecule has 0 rings (SSSR count). The van der Waals surface area contributed by atoms with Crippen LogP contribution >= 0.6 is 7.60 Å². The molecule has 0 amide bonds. The van der Waals surface area contributed by atoms with Crippen LogP contribution in [0.3, 0.4) is 0 Å². The molecule has 0 N–H and O–H groups in total. The van der Waals surface area contributed by atoms with Gasteiger partial charge in [-0.1, -0.05) is 19.9 Å². The number of hydrogen-bond acceptors (Lipinski definition) is 4. The largest absolute Gasteiger partial charge is 0.392 e. The van der Waals surface area contributed by atoms with Crippen LogP contribution in [0.15, 0.2) is 12.7 Å². The van der Waals surface area contributed by atoms with E-state index in [2.05, 4.69) is 11.1 Å². The van der Waals surface area contributed by atoms with Gasteiger partial charge < -0.3 is 4.52 Å². The highest BCUT2D eigenvalue weighted by Gasteiger charge is 2.31. The van der Waals surface area contributed by atoms with E-state index in [0.29, 0.717) is 0 Å². The van der Waals surface area contributed by atoms with Gasteiger partial charge in [0.25, 0.3) is 0 Å². The lowest BCUT2D eigenvalue weighted by atomic mass is 10.6. The van der Waals surface area contributed by atoms with Crippen LogP contribution < -0.4 is 0 Å². The van der Waals surface area contributed by atoms with Gasteiger partial charge in [-0.3, -0.25) is 9.32 Å². The molecule has 0 fully saturated rings. The van der Waals surface area contributed by atoms with E-state index >= 15 is 0 Å². The van der Waals surface area contributed by atoms with Crippen LogP contribution in [0, 0.1) is 0 Å². The Morgan fingerprint density at radius 1 is 1.62 bits per heavy atom. The first-order chi connectivity index (χ1) is 5.92. The van der Waals surface area contributed by atoms with Crippen molar-refractivity contribution < 1.29 is 18.4 Å². The van der Waals surface area contributed by atoms with Gasteiger partial charge in [-0.2, -0.15) is 0 Å². The maximum Gasteiger partial charge on any atom is 0.384 e. The van der Waals surface area contributed by atoms with E-state index in [1.165, 1.54) is 13.0 Å². The monoisotopic (exact) mass is 206 g/mol. The van der Waals surface area contributed by atoms with Gasteiger partial charge in [0, 0.05) is 6.92 Å². The van der Waals surface area contributed by atoms with Gasteiger partial charge in [0.1, 0.15) is 0 Å². The quantitative estimate of drug-likeness (QED) is 0.511. The molecule has 5 heteroatoms. The van der Waals surface area contributed by atoms with Crippen molar-refractivity contribution in [3.05, 3.63) is 12.7 Å². The first-order valence-corrected chi connectivity index (χ1v) is 5.59. The summed E-state index contributed by atoms with van der Waals surface area (Å²) in [5.41, 5.74) is -0.337. The summed E-state index contributed by atoms with van der Waals surface area (Å²) in [7, 11) is -3.28.